The monoisotopic (exact) mass is 457 g/mol. The molecular weight excluding hydrogens is 430 g/mol. The summed E-state index contributed by atoms with van der Waals surface area (Å²) >= 11 is 1.29. The van der Waals surface area contributed by atoms with Crippen LogP contribution in [0.15, 0.2) is 33.9 Å². The highest BCUT2D eigenvalue weighted by Crippen LogP contribution is 2.28. The number of piperidine rings is 1. The Hall–Kier alpha value is -3.14. The first-order valence-corrected chi connectivity index (χ1v) is 11.6. The van der Waals surface area contributed by atoms with E-state index in [1.807, 2.05) is 0 Å². The number of rotatable bonds is 6. The minimum absolute atomic E-state index is 0.247. The molecular formula is C22H27N5O4S. The number of amides is 1. The van der Waals surface area contributed by atoms with Crippen LogP contribution in [-0.2, 0) is 11.3 Å². The van der Waals surface area contributed by atoms with Gasteiger partial charge in [-0.2, -0.15) is 0 Å². The van der Waals surface area contributed by atoms with Gasteiger partial charge < -0.3 is 15.0 Å². The molecule has 3 aromatic rings. The Bertz CT molecular complexity index is 1250. The van der Waals surface area contributed by atoms with Crippen molar-refractivity contribution in [1.29, 1.82) is 0 Å². The standard InChI is InChI=1S/C22H27N5O4S/c1-14(2)27-20(29)18-19(24-21(32-18)25-10-5-4-6-11-25)26(22(27)30)13-17(28)23-15-8-7-9-16(12-15)31-3/h7-9,12,14H,4-6,10-11,13H2,1-3H3,(H,23,28). The van der Waals surface area contributed by atoms with Crippen LogP contribution in [0.2, 0.25) is 0 Å². The predicted molar refractivity (Wildman–Crippen MR) is 126 cm³/mol. The Morgan fingerprint density at radius 3 is 2.66 bits per heavy atom. The Kier molecular flexibility index (Phi) is 6.31. The number of methoxy groups -OCH3 is 1. The molecule has 1 aliphatic heterocycles. The van der Waals surface area contributed by atoms with Gasteiger partial charge >= 0.3 is 5.69 Å². The molecule has 32 heavy (non-hydrogen) atoms. The number of hydrogen-bond acceptors (Lipinski definition) is 7. The molecule has 0 atom stereocenters. The predicted octanol–water partition coefficient (Wildman–Crippen LogP) is 2.84. The van der Waals surface area contributed by atoms with E-state index in [4.69, 9.17) is 4.74 Å². The van der Waals surface area contributed by atoms with Crippen molar-refractivity contribution in [1.82, 2.24) is 14.1 Å². The van der Waals surface area contributed by atoms with E-state index < -0.39 is 5.69 Å². The first-order valence-electron chi connectivity index (χ1n) is 10.7. The van der Waals surface area contributed by atoms with E-state index in [2.05, 4.69) is 15.2 Å². The lowest BCUT2D eigenvalue weighted by Crippen LogP contribution is -2.42. The second-order valence-electron chi connectivity index (χ2n) is 8.11. The van der Waals surface area contributed by atoms with Gasteiger partial charge in [0.25, 0.3) is 5.56 Å². The van der Waals surface area contributed by atoms with Crippen LogP contribution >= 0.6 is 11.3 Å². The Morgan fingerprint density at radius 2 is 1.97 bits per heavy atom. The molecule has 0 aliphatic carbocycles. The van der Waals surface area contributed by atoms with Crippen molar-refractivity contribution in [3.05, 3.63) is 45.1 Å². The van der Waals surface area contributed by atoms with Crippen LogP contribution in [0.5, 0.6) is 5.75 Å². The normalized spacial score (nSPS) is 14.2. The van der Waals surface area contributed by atoms with E-state index >= 15 is 0 Å². The second-order valence-corrected chi connectivity index (χ2v) is 9.09. The van der Waals surface area contributed by atoms with Gasteiger partial charge in [0.05, 0.1) is 7.11 Å². The van der Waals surface area contributed by atoms with E-state index in [9.17, 15) is 14.4 Å². The molecule has 0 unspecified atom stereocenters. The van der Waals surface area contributed by atoms with Crippen LogP contribution < -0.4 is 26.2 Å². The molecule has 0 spiro atoms. The van der Waals surface area contributed by atoms with Crippen molar-refractivity contribution in [3.8, 4) is 5.75 Å². The van der Waals surface area contributed by atoms with E-state index in [0.717, 1.165) is 31.1 Å². The molecule has 4 rings (SSSR count). The fourth-order valence-electron chi connectivity index (χ4n) is 3.90. The van der Waals surface area contributed by atoms with Crippen LogP contribution in [0.4, 0.5) is 10.8 Å². The molecule has 10 heteroatoms. The van der Waals surface area contributed by atoms with Gasteiger partial charge in [0.2, 0.25) is 5.91 Å². The maximum atomic E-state index is 13.2. The zero-order chi connectivity index (χ0) is 22.8. The SMILES string of the molecule is COc1cccc(NC(=O)Cn2c(=O)n(C(C)C)c(=O)c3sc(N4CCCCC4)nc32)c1. The van der Waals surface area contributed by atoms with E-state index in [0.29, 0.717) is 16.1 Å². The molecule has 1 N–H and O–H groups in total. The third-order valence-corrected chi connectivity index (χ3v) is 6.60. The topological polar surface area (TPSA) is 98.5 Å². The number of ether oxygens (including phenoxy) is 1. The number of carbonyl (C=O) groups excluding carboxylic acids is 1. The third-order valence-electron chi connectivity index (χ3n) is 5.50. The Morgan fingerprint density at radius 1 is 1.22 bits per heavy atom. The van der Waals surface area contributed by atoms with Gasteiger partial charge in [-0.3, -0.25) is 18.7 Å². The summed E-state index contributed by atoms with van der Waals surface area (Å²) < 4.78 is 8.08. The number of thiazole rings is 1. The lowest BCUT2D eigenvalue weighted by Gasteiger charge is -2.25. The quantitative estimate of drug-likeness (QED) is 0.611. The van der Waals surface area contributed by atoms with E-state index in [1.54, 1.807) is 45.2 Å². The summed E-state index contributed by atoms with van der Waals surface area (Å²) in [5.74, 6) is 0.226. The van der Waals surface area contributed by atoms with Crippen LogP contribution in [0, 0.1) is 0 Å². The first-order chi connectivity index (χ1) is 15.4. The molecule has 3 heterocycles. The molecule has 1 amide bonds. The number of hydrogen-bond donors (Lipinski definition) is 1. The summed E-state index contributed by atoms with van der Waals surface area (Å²) in [6, 6.07) is 6.64. The Balaban J connectivity index is 1.74. The molecule has 1 saturated heterocycles. The summed E-state index contributed by atoms with van der Waals surface area (Å²) in [7, 11) is 1.55. The van der Waals surface area contributed by atoms with Gasteiger partial charge in [0, 0.05) is 30.9 Å². The maximum Gasteiger partial charge on any atom is 0.333 e. The van der Waals surface area contributed by atoms with Crippen molar-refractivity contribution in [3.63, 3.8) is 0 Å². The zero-order valence-corrected chi connectivity index (χ0v) is 19.3. The average molecular weight is 458 g/mol. The summed E-state index contributed by atoms with van der Waals surface area (Å²) in [6.07, 6.45) is 3.32. The lowest BCUT2D eigenvalue weighted by molar-refractivity contribution is -0.116. The van der Waals surface area contributed by atoms with Crippen LogP contribution in [0.3, 0.4) is 0 Å². The molecule has 1 fully saturated rings. The smallest absolute Gasteiger partial charge is 0.333 e. The fraction of sp³-hybridized carbons (Fsp3) is 0.455. The van der Waals surface area contributed by atoms with Crippen LogP contribution in [0.1, 0.15) is 39.2 Å². The van der Waals surface area contributed by atoms with Crippen molar-refractivity contribution < 1.29 is 9.53 Å². The second kappa shape index (κ2) is 9.15. The van der Waals surface area contributed by atoms with Gasteiger partial charge in [-0.15, -0.1) is 0 Å². The van der Waals surface area contributed by atoms with Crippen LogP contribution in [0.25, 0.3) is 10.3 Å². The zero-order valence-electron chi connectivity index (χ0n) is 18.5. The number of benzene rings is 1. The minimum atomic E-state index is -0.534. The van der Waals surface area contributed by atoms with Gasteiger partial charge in [0.15, 0.2) is 10.8 Å². The third kappa shape index (κ3) is 4.27. The number of fused-ring (bicyclic) bond motifs is 1. The molecule has 1 aliphatic rings. The van der Waals surface area contributed by atoms with Gasteiger partial charge in [-0.25, -0.2) is 9.78 Å². The number of anilines is 2. The van der Waals surface area contributed by atoms with E-state index in [-0.39, 0.29) is 29.7 Å². The highest BCUT2D eigenvalue weighted by molar-refractivity contribution is 7.22. The molecule has 2 aromatic heterocycles. The highest BCUT2D eigenvalue weighted by Gasteiger charge is 2.23. The number of nitrogens with one attached hydrogen (secondary N) is 1. The van der Waals surface area contributed by atoms with Crippen molar-refractivity contribution in [2.75, 3.05) is 30.4 Å². The molecule has 0 saturated carbocycles. The Labute approximate surface area is 189 Å². The molecule has 1 aromatic carbocycles. The number of carbonyl (C=O) groups is 1. The average Bonchev–Trinajstić information content (AvgIpc) is 3.23. The van der Waals surface area contributed by atoms with Crippen LogP contribution in [-0.4, -0.2) is 40.2 Å². The highest BCUT2D eigenvalue weighted by atomic mass is 32.1. The van der Waals surface area contributed by atoms with Gasteiger partial charge in [-0.1, -0.05) is 17.4 Å². The van der Waals surface area contributed by atoms with Crippen molar-refractivity contribution in [2.24, 2.45) is 0 Å². The molecule has 0 radical (unpaired) electrons. The number of aromatic nitrogens is 3. The summed E-state index contributed by atoms with van der Waals surface area (Å²) in [4.78, 5) is 45.9. The lowest BCUT2D eigenvalue weighted by atomic mass is 10.1. The van der Waals surface area contributed by atoms with Gasteiger partial charge in [0.1, 0.15) is 17.0 Å². The van der Waals surface area contributed by atoms with E-state index in [1.165, 1.54) is 26.9 Å². The minimum Gasteiger partial charge on any atom is -0.497 e. The summed E-state index contributed by atoms with van der Waals surface area (Å²) in [5, 5.41) is 3.51. The summed E-state index contributed by atoms with van der Waals surface area (Å²) in [6.45, 7) is 5.06. The molecule has 170 valence electrons. The first kappa shape index (κ1) is 22.1. The summed E-state index contributed by atoms with van der Waals surface area (Å²) in [5.41, 5.74) is -0.0645. The number of nitrogens with zero attached hydrogens (tertiary/aromatic N) is 4. The molecule has 9 nitrogen and oxygen atoms in total. The fourth-order valence-corrected chi connectivity index (χ4v) is 4.96. The molecule has 0 bridgehead atoms. The van der Waals surface area contributed by atoms with Gasteiger partial charge in [-0.05, 0) is 45.2 Å². The largest absolute Gasteiger partial charge is 0.497 e. The maximum absolute atomic E-state index is 13.2. The van der Waals surface area contributed by atoms with Crippen molar-refractivity contribution in [2.45, 2.75) is 45.7 Å². The van der Waals surface area contributed by atoms with Crippen molar-refractivity contribution >= 4 is 38.4 Å².